The molecule has 1 rings (SSSR count). The van der Waals surface area contributed by atoms with E-state index in [-0.39, 0.29) is 11.8 Å². The number of anilines is 2. The highest BCUT2D eigenvalue weighted by Gasteiger charge is 2.14. The minimum Gasteiger partial charge on any atom is -0.397 e. The Morgan fingerprint density at radius 1 is 1.59 bits per heavy atom. The summed E-state index contributed by atoms with van der Waals surface area (Å²) in [4.78, 5) is 12.3. The van der Waals surface area contributed by atoms with Crippen LogP contribution in [0.5, 0.6) is 0 Å². The van der Waals surface area contributed by atoms with Crippen LogP contribution >= 0.6 is 11.3 Å². The summed E-state index contributed by atoms with van der Waals surface area (Å²) in [5, 5.41) is 4.26. The lowest BCUT2D eigenvalue weighted by molar-refractivity contribution is 0.0993. The highest BCUT2D eigenvalue weighted by atomic mass is 32.1. The van der Waals surface area contributed by atoms with Crippen LogP contribution in [0.1, 0.15) is 36.4 Å². The number of methoxy groups -OCH3 is 1. The van der Waals surface area contributed by atoms with Gasteiger partial charge in [0.25, 0.3) is 0 Å². The Bertz CT molecular complexity index is 377. The third-order valence-corrected chi connectivity index (χ3v) is 3.67. The van der Waals surface area contributed by atoms with Crippen LogP contribution in [0.3, 0.4) is 0 Å². The van der Waals surface area contributed by atoms with Crippen molar-refractivity contribution in [3.63, 3.8) is 0 Å². The Morgan fingerprint density at radius 3 is 2.82 bits per heavy atom. The van der Waals surface area contributed by atoms with Crippen molar-refractivity contribution in [2.45, 2.75) is 32.7 Å². The van der Waals surface area contributed by atoms with Crippen LogP contribution in [0.25, 0.3) is 0 Å². The van der Waals surface area contributed by atoms with E-state index in [1.54, 1.807) is 7.11 Å². The van der Waals surface area contributed by atoms with Gasteiger partial charge in [-0.25, -0.2) is 0 Å². The van der Waals surface area contributed by atoms with Crippen LogP contribution in [0.2, 0.25) is 0 Å². The minimum atomic E-state index is 0.0975. The summed E-state index contributed by atoms with van der Waals surface area (Å²) in [6, 6.07) is 2.08. The van der Waals surface area contributed by atoms with Gasteiger partial charge in [0.05, 0.1) is 22.2 Å². The Balaban J connectivity index is 2.75. The highest BCUT2D eigenvalue weighted by molar-refractivity contribution is 7.18. The average molecular weight is 256 g/mol. The topological polar surface area (TPSA) is 64.3 Å². The number of Topliss-reactive ketones (excluding diaryl/α,β-unsaturated/α-hetero) is 1. The molecule has 0 fully saturated rings. The summed E-state index contributed by atoms with van der Waals surface area (Å²) in [6.07, 6.45) is 1.45. The van der Waals surface area contributed by atoms with Crippen molar-refractivity contribution in [3.05, 3.63) is 10.9 Å². The standard InChI is InChI=1S/C12H20N2O2S/c1-4-8(7-16-3)14-11-6-9(13)12(17-11)10(15)5-2/h6,8,14H,4-5,7,13H2,1-3H3. The molecule has 1 heterocycles. The van der Waals surface area contributed by atoms with Gasteiger partial charge in [0.15, 0.2) is 5.78 Å². The van der Waals surface area contributed by atoms with E-state index in [4.69, 9.17) is 10.5 Å². The van der Waals surface area contributed by atoms with E-state index in [2.05, 4.69) is 12.2 Å². The maximum absolute atomic E-state index is 11.6. The molecule has 0 aromatic carbocycles. The maximum Gasteiger partial charge on any atom is 0.174 e. The molecule has 0 aliphatic rings. The van der Waals surface area contributed by atoms with Crippen molar-refractivity contribution in [3.8, 4) is 0 Å². The predicted molar refractivity (Wildman–Crippen MR) is 72.9 cm³/mol. The van der Waals surface area contributed by atoms with Gasteiger partial charge in [-0.2, -0.15) is 0 Å². The molecule has 1 unspecified atom stereocenters. The molecule has 17 heavy (non-hydrogen) atoms. The summed E-state index contributed by atoms with van der Waals surface area (Å²) in [5.41, 5.74) is 6.39. The van der Waals surface area contributed by atoms with Crippen LogP contribution in [0, 0.1) is 0 Å². The number of nitrogen functional groups attached to an aromatic ring is 1. The molecule has 0 spiro atoms. The molecular weight excluding hydrogens is 236 g/mol. The number of ketones is 1. The number of thiophene rings is 1. The van der Waals surface area contributed by atoms with Crippen molar-refractivity contribution in [2.75, 3.05) is 24.8 Å². The van der Waals surface area contributed by atoms with Gasteiger partial charge < -0.3 is 15.8 Å². The molecule has 0 saturated heterocycles. The Morgan fingerprint density at radius 2 is 2.29 bits per heavy atom. The van der Waals surface area contributed by atoms with E-state index >= 15 is 0 Å². The van der Waals surface area contributed by atoms with Gasteiger partial charge in [-0.15, -0.1) is 11.3 Å². The molecule has 1 aromatic rings. The van der Waals surface area contributed by atoms with Crippen molar-refractivity contribution in [1.82, 2.24) is 0 Å². The maximum atomic E-state index is 11.6. The molecule has 0 radical (unpaired) electrons. The van der Waals surface area contributed by atoms with Gasteiger partial charge in [0.2, 0.25) is 0 Å². The normalized spacial score (nSPS) is 12.4. The van der Waals surface area contributed by atoms with Gasteiger partial charge in [0, 0.05) is 19.6 Å². The number of nitrogens with one attached hydrogen (secondary N) is 1. The monoisotopic (exact) mass is 256 g/mol. The SMILES string of the molecule is CCC(=O)c1sc(NC(CC)COC)cc1N. The number of hydrogen-bond acceptors (Lipinski definition) is 5. The second-order valence-corrected chi connectivity index (χ2v) is 4.93. The summed E-state index contributed by atoms with van der Waals surface area (Å²) < 4.78 is 5.12. The zero-order valence-corrected chi connectivity index (χ0v) is 11.4. The number of rotatable bonds is 7. The van der Waals surface area contributed by atoms with Crippen molar-refractivity contribution < 1.29 is 9.53 Å². The van der Waals surface area contributed by atoms with Gasteiger partial charge in [0.1, 0.15) is 0 Å². The van der Waals surface area contributed by atoms with Crippen LogP contribution in [-0.2, 0) is 4.74 Å². The molecule has 0 bridgehead atoms. The summed E-state index contributed by atoms with van der Waals surface area (Å²) >= 11 is 1.42. The zero-order valence-electron chi connectivity index (χ0n) is 10.6. The first kappa shape index (κ1) is 14.0. The Labute approximate surface area is 106 Å². The first-order chi connectivity index (χ1) is 8.12. The molecule has 5 heteroatoms. The van der Waals surface area contributed by atoms with Crippen molar-refractivity contribution >= 4 is 27.8 Å². The third-order valence-electron chi connectivity index (χ3n) is 2.54. The zero-order chi connectivity index (χ0) is 12.8. The van der Waals surface area contributed by atoms with Crippen molar-refractivity contribution in [1.29, 1.82) is 0 Å². The first-order valence-corrected chi connectivity index (χ1v) is 6.61. The van der Waals surface area contributed by atoms with E-state index in [9.17, 15) is 4.79 Å². The Hall–Kier alpha value is -1.07. The average Bonchev–Trinajstić information content (AvgIpc) is 2.68. The van der Waals surface area contributed by atoms with Crippen LogP contribution < -0.4 is 11.1 Å². The molecule has 0 aliphatic carbocycles. The number of carbonyl (C=O) groups excluding carboxylic acids is 1. The van der Waals surface area contributed by atoms with E-state index in [1.165, 1.54) is 11.3 Å². The smallest absolute Gasteiger partial charge is 0.174 e. The lowest BCUT2D eigenvalue weighted by Crippen LogP contribution is -2.23. The fraction of sp³-hybridized carbons (Fsp3) is 0.583. The van der Waals surface area contributed by atoms with E-state index in [1.807, 2.05) is 13.0 Å². The van der Waals surface area contributed by atoms with E-state index in [0.29, 0.717) is 23.6 Å². The van der Waals surface area contributed by atoms with Gasteiger partial charge in [-0.05, 0) is 12.5 Å². The van der Waals surface area contributed by atoms with E-state index < -0.39 is 0 Å². The fourth-order valence-corrected chi connectivity index (χ4v) is 2.59. The first-order valence-electron chi connectivity index (χ1n) is 5.80. The molecular formula is C12H20N2O2S. The number of hydrogen-bond donors (Lipinski definition) is 2. The number of ether oxygens (including phenoxy) is 1. The lowest BCUT2D eigenvalue weighted by atomic mass is 10.2. The summed E-state index contributed by atoms with van der Waals surface area (Å²) in [5.74, 6) is 0.0975. The molecule has 4 nitrogen and oxygen atoms in total. The molecule has 3 N–H and O–H groups in total. The summed E-state index contributed by atoms with van der Waals surface area (Å²) in [7, 11) is 1.68. The van der Waals surface area contributed by atoms with Gasteiger partial charge >= 0.3 is 0 Å². The molecule has 1 aromatic heterocycles. The largest absolute Gasteiger partial charge is 0.397 e. The number of carbonyl (C=O) groups is 1. The fourth-order valence-electron chi connectivity index (χ4n) is 1.52. The molecule has 0 saturated carbocycles. The summed E-state index contributed by atoms with van der Waals surface area (Å²) in [6.45, 7) is 4.57. The Kier molecular flexibility index (Phi) is 5.44. The second kappa shape index (κ2) is 6.61. The number of nitrogens with two attached hydrogens (primary N) is 1. The van der Waals surface area contributed by atoms with Crippen LogP contribution in [-0.4, -0.2) is 25.5 Å². The predicted octanol–water partition coefficient (Wildman–Crippen LogP) is 2.76. The molecule has 0 aliphatic heterocycles. The second-order valence-electron chi connectivity index (χ2n) is 3.88. The quantitative estimate of drug-likeness (QED) is 0.736. The van der Waals surface area contributed by atoms with Crippen LogP contribution in [0.4, 0.5) is 10.7 Å². The highest BCUT2D eigenvalue weighted by Crippen LogP contribution is 2.30. The van der Waals surface area contributed by atoms with E-state index in [0.717, 1.165) is 11.4 Å². The molecule has 0 amide bonds. The van der Waals surface area contributed by atoms with Crippen LogP contribution in [0.15, 0.2) is 6.07 Å². The van der Waals surface area contributed by atoms with Gasteiger partial charge in [-0.3, -0.25) is 4.79 Å². The minimum absolute atomic E-state index is 0.0975. The van der Waals surface area contributed by atoms with Gasteiger partial charge in [-0.1, -0.05) is 13.8 Å². The third kappa shape index (κ3) is 3.71. The molecule has 96 valence electrons. The molecule has 1 atom stereocenters. The van der Waals surface area contributed by atoms with Crippen molar-refractivity contribution in [2.24, 2.45) is 0 Å². The lowest BCUT2D eigenvalue weighted by Gasteiger charge is -2.15.